The van der Waals surface area contributed by atoms with Crippen LogP contribution in [0.5, 0.6) is 0 Å². The Labute approximate surface area is 400 Å². The molecule has 2 aromatic carbocycles. The van der Waals surface area contributed by atoms with E-state index in [1.165, 1.54) is 24.3 Å². The van der Waals surface area contributed by atoms with E-state index in [1.54, 1.807) is 38.5 Å². The molecule has 19 nitrogen and oxygen atoms in total. The molecule has 4 rings (SSSR count). The maximum absolute atomic E-state index is 12.4. The van der Waals surface area contributed by atoms with Crippen molar-refractivity contribution in [1.29, 1.82) is 0 Å². The highest BCUT2D eigenvalue weighted by atomic mass is 32.2. The lowest BCUT2D eigenvalue weighted by molar-refractivity contribution is -0.442. The Balaban J connectivity index is 1.66. The molecule has 2 aromatic rings. The second kappa shape index (κ2) is 26.3. The van der Waals surface area contributed by atoms with Gasteiger partial charge >= 0.3 is 5.97 Å². The van der Waals surface area contributed by atoms with Crippen LogP contribution in [0.4, 0.5) is 11.4 Å². The molecule has 4 N–H and O–H groups in total. The predicted octanol–water partition coefficient (Wildman–Crippen LogP) is 5.37. The third-order valence-electron chi connectivity index (χ3n) is 11.9. The number of carbonyl (C=O) groups is 1. The van der Waals surface area contributed by atoms with Gasteiger partial charge in [0.25, 0.3) is 30.4 Å². The quantitative estimate of drug-likeness (QED) is 0.0303. The highest BCUT2D eigenvalue weighted by Gasteiger charge is 2.48. The van der Waals surface area contributed by atoms with Crippen molar-refractivity contribution in [2.75, 3.05) is 104 Å². The van der Waals surface area contributed by atoms with E-state index in [2.05, 4.69) is 4.90 Å². The molecule has 2 heterocycles. The molecule has 68 heavy (non-hydrogen) atoms. The first-order valence-corrected chi connectivity index (χ1v) is 26.8. The summed E-state index contributed by atoms with van der Waals surface area (Å²) in [6.07, 6.45) is 11.5. The van der Waals surface area contributed by atoms with Gasteiger partial charge in [0, 0.05) is 68.3 Å². The fraction of sp³-hybridized carbons (Fsp3) is 0.565. The maximum Gasteiger partial charge on any atom is 0.303 e. The maximum atomic E-state index is 12.4. The number of carboxylic acids is 1. The van der Waals surface area contributed by atoms with Gasteiger partial charge in [-0.3, -0.25) is 18.5 Å². The summed E-state index contributed by atoms with van der Waals surface area (Å²) < 4.78 is 137. The monoisotopic (exact) mass is 1020 g/mol. The summed E-state index contributed by atoms with van der Waals surface area (Å²) in [6, 6.07) is 8.71. The van der Waals surface area contributed by atoms with Crippen molar-refractivity contribution in [3.63, 3.8) is 0 Å². The summed E-state index contributed by atoms with van der Waals surface area (Å²) >= 11 is 0. The first-order valence-electron chi connectivity index (χ1n) is 22.3. The lowest BCUT2D eigenvalue weighted by Crippen LogP contribution is -2.32. The Hall–Kier alpha value is -3.91. The van der Waals surface area contributed by atoms with Crippen LogP contribution in [0.25, 0.3) is 0 Å². The van der Waals surface area contributed by atoms with E-state index in [0.29, 0.717) is 108 Å². The smallest absolute Gasteiger partial charge is 0.303 e. The van der Waals surface area contributed by atoms with Crippen molar-refractivity contribution >= 4 is 53.4 Å². The zero-order chi connectivity index (χ0) is 50.0. The normalized spacial score (nSPS) is 19.3. The third kappa shape index (κ3) is 16.3. The van der Waals surface area contributed by atoms with E-state index in [9.17, 15) is 43.7 Å². The van der Waals surface area contributed by atoms with Crippen molar-refractivity contribution in [3.05, 3.63) is 83.6 Å². The number of anilines is 1. The molecule has 0 aliphatic carbocycles. The molecule has 2 unspecified atom stereocenters. The van der Waals surface area contributed by atoms with Gasteiger partial charge in [-0.15, -0.1) is 0 Å². The van der Waals surface area contributed by atoms with Crippen LogP contribution >= 0.6 is 0 Å². The molecule has 2 aliphatic rings. The Morgan fingerprint density at radius 3 is 1.81 bits per heavy atom. The number of allylic oxidation sites excluding steroid dienone is 6. The van der Waals surface area contributed by atoms with E-state index >= 15 is 0 Å². The van der Waals surface area contributed by atoms with Crippen molar-refractivity contribution in [2.45, 2.75) is 79.4 Å². The highest BCUT2D eigenvalue weighted by Crippen LogP contribution is 2.51. The highest BCUT2D eigenvalue weighted by molar-refractivity contribution is 7.86. The molecule has 0 saturated heterocycles. The number of unbranched alkanes of at least 4 members (excludes halogenated alkanes) is 2. The van der Waals surface area contributed by atoms with Gasteiger partial charge in [0.1, 0.15) is 6.61 Å². The molecule has 0 fully saturated rings. The summed E-state index contributed by atoms with van der Waals surface area (Å²) in [5, 5.41) is 9.17. The zero-order valence-corrected chi connectivity index (χ0v) is 41.7. The van der Waals surface area contributed by atoms with E-state index in [0.717, 1.165) is 11.4 Å². The van der Waals surface area contributed by atoms with Crippen LogP contribution in [0.3, 0.4) is 0 Å². The van der Waals surface area contributed by atoms with Gasteiger partial charge in [-0.05, 0) is 87.9 Å². The molecular formula is C46H67N2O17S3+. The molecule has 22 heteroatoms. The molecule has 2 aliphatic heterocycles. The standard InChI is InChI=1S/C46H66N2O17S3/c1-45(19-11-33-66(51,52)53)38-34-36(67(54,55)56)16-18-41(38)48(22-24-62-27-28-64-31-32-65-30-29-63-26-25-61-4)42(45)12-7-5-8-13-43-46(2,20-23-60-3)39-35-37(68(57,58)59)15-17-40(39)47(43)21-10-6-9-14-44(49)50/h5,7-8,12-13,15-18,34-35H,6,9-11,14,19-33H2,1-4H3,(H3-,49,50,51,52,53,54,55,56,57,58,59)/p+1. The molecule has 0 amide bonds. The van der Waals surface area contributed by atoms with Crippen LogP contribution in [0.15, 0.2) is 82.3 Å². The van der Waals surface area contributed by atoms with Crippen LogP contribution in [-0.4, -0.2) is 159 Å². The van der Waals surface area contributed by atoms with Crippen LogP contribution in [0, 0.1) is 0 Å². The number of benzene rings is 2. The van der Waals surface area contributed by atoms with Crippen LogP contribution in [0.2, 0.25) is 0 Å². The van der Waals surface area contributed by atoms with Crippen molar-refractivity contribution in [1.82, 2.24) is 0 Å². The number of aliphatic carboxylic acids is 1. The van der Waals surface area contributed by atoms with Gasteiger partial charge in [0.05, 0.1) is 73.8 Å². The van der Waals surface area contributed by atoms with Gasteiger partial charge in [-0.2, -0.15) is 29.8 Å². The van der Waals surface area contributed by atoms with Crippen LogP contribution < -0.4 is 4.90 Å². The average Bonchev–Trinajstić information content (AvgIpc) is 3.63. The minimum atomic E-state index is -4.63. The van der Waals surface area contributed by atoms with Crippen molar-refractivity contribution in [3.8, 4) is 0 Å². The lowest BCUT2D eigenvalue weighted by Gasteiger charge is -2.30. The number of hydrogen-bond acceptors (Lipinski definition) is 14. The minimum absolute atomic E-state index is 0.0163. The second-order valence-corrected chi connectivity index (χ2v) is 21.2. The topological polar surface area (TPSA) is 262 Å². The fourth-order valence-electron chi connectivity index (χ4n) is 8.45. The SMILES string of the molecule is COCCOCCOCCOCCOCC[N+]1=C(C=CC=CC=C2N(CCCCCC(=O)O)c3ccc(S(=O)(=O)O)cc3C2(C)CCOC)C(C)(CCCS(=O)(=O)O)c2cc(S(=O)(=O)O)ccc21. The van der Waals surface area contributed by atoms with Crippen LogP contribution in [0.1, 0.15) is 69.9 Å². The average molecular weight is 1020 g/mol. The summed E-state index contributed by atoms with van der Waals surface area (Å²) in [6.45, 7) is 8.27. The predicted molar refractivity (Wildman–Crippen MR) is 254 cm³/mol. The van der Waals surface area contributed by atoms with E-state index < -0.39 is 52.9 Å². The number of rotatable bonds is 33. The van der Waals surface area contributed by atoms with Gasteiger partial charge in [0.2, 0.25) is 5.69 Å². The summed E-state index contributed by atoms with van der Waals surface area (Å²) in [7, 11) is -10.3. The molecule has 0 aromatic heterocycles. The number of carboxylic acid groups (broad SMARTS) is 1. The number of methoxy groups -OCH3 is 2. The Morgan fingerprint density at radius 1 is 0.662 bits per heavy atom. The summed E-state index contributed by atoms with van der Waals surface area (Å²) in [4.78, 5) is 12.7. The summed E-state index contributed by atoms with van der Waals surface area (Å²) in [5.41, 5.74) is 2.21. The first-order chi connectivity index (χ1) is 32.2. The Kier molecular flexibility index (Phi) is 22.0. The molecule has 0 radical (unpaired) electrons. The molecular weight excluding hydrogens is 949 g/mol. The molecule has 0 spiro atoms. The largest absolute Gasteiger partial charge is 0.481 e. The lowest BCUT2D eigenvalue weighted by atomic mass is 9.76. The van der Waals surface area contributed by atoms with Gasteiger partial charge in [0.15, 0.2) is 12.3 Å². The van der Waals surface area contributed by atoms with E-state index in [1.807, 2.05) is 36.7 Å². The number of nitrogens with zero attached hydrogens (tertiary/aromatic N) is 2. The number of hydrogen-bond donors (Lipinski definition) is 4. The fourth-order valence-corrected chi connectivity index (χ4v) is 9.97. The van der Waals surface area contributed by atoms with Gasteiger partial charge < -0.3 is 38.4 Å². The van der Waals surface area contributed by atoms with Crippen molar-refractivity contribution in [2.24, 2.45) is 0 Å². The first kappa shape index (κ1) is 56.7. The molecule has 2 atom stereocenters. The van der Waals surface area contributed by atoms with Gasteiger partial charge in [-0.1, -0.05) is 24.6 Å². The molecule has 0 saturated carbocycles. The Morgan fingerprint density at radius 2 is 1.24 bits per heavy atom. The van der Waals surface area contributed by atoms with E-state index in [-0.39, 0.29) is 48.8 Å². The van der Waals surface area contributed by atoms with Gasteiger partial charge in [-0.25, -0.2) is 0 Å². The van der Waals surface area contributed by atoms with Crippen LogP contribution in [-0.2, 0) is 74.4 Å². The van der Waals surface area contributed by atoms with Crippen molar-refractivity contribution < 1.29 is 81.8 Å². The Bertz CT molecular complexity index is 2470. The van der Waals surface area contributed by atoms with E-state index in [4.69, 9.17) is 33.5 Å². The number of ether oxygens (including phenoxy) is 6. The third-order valence-corrected chi connectivity index (χ3v) is 14.4. The number of fused-ring (bicyclic) bond motifs is 2. The molecule has 380 valence electrons. The summed E-state index contributed by atoms with van der Waals surface area (Å²) in [5.74, 6) is -1.42. The second-order valence-electron chi connectivity index (χ2n) is 16.7. The zero-order valence-electron chi connectivity index (χ0n) is 39.2. The molecule has 0 bridgehead atoms. The minimum Gasteiger partial charge on any atom is -0.481 e.